The second kappa shape index (κ2) is 6.65. The van der Waals surface area contributed by atoms with Gasteiger partial charge in [0.25, 0.3) is 11.5 Å². The van der Waals surface area contributed by atoms with E-state index in [9.17, 15) is 18.0 Å². The summed E-state index contributed by atoms with van der Waals surface area (Å²) in [6.45, 7) is 1.84. The van der Waals surface area contributed by atoms with Crippen LogP contribution in [0.4, 0.5) is 0 Å². The number of rotatable bonds is 4. The van der Waals surface area contributed by atoms with Gasteiger partial charge in [-0.25, -0.2) is 13.4 Å². The molecule has 0 fully saturated rings. The maximum atomic E-state index is 12.8. The van der Waals surface area contributed by atoms with E-state index in [1.165, 1.54) is 28.4 Å². The van der Waals surface area contributed by atoms with Crippen LogP contribution in [0, 0.1) is 6.92 Å². The topological polar surface area (TPSA) is 100 Å². The molecule has 0 bridgehead atoms. The first-order valence-corrected chi connectivity index (χ1v) is 10.5. The van der Waals surface area contributed by atoms with Crippen LogP contribution in [0.15, 0.2) is 39.3 Å². The molecule has 1 aromatic carbocycles. The highest BCUT2D eigenvalue weighted by atomic mass is 32.2. The minimum Gasteiger partial charge on any atom is -0.334 e. The average molecular weight is 391 g/mol. The van der Waals surface area contributed by atoms with Crippen molar-refractivity contribution in [2.45, 2.75) is 18.4 Å². The number of nitrogens with one attached hydrogen (secondary N) is 1. The molecule has 2 aromatic heterocycles. The molecule has 3 rings (SSSR count). The van der Waals surface area contributed by atoms with Gasteiger partial charge in [-0.05, 0) is 36.1 Å². The van der Waals surface area contributed by atoms with Crippen LogP contribution in [0.1, 0.15) is 21.7 Å². The van der Waals surface area contributed by atoms with Crippen LogP contribution in [0.25, 0.3) is 10.2 Å². The third-order valence-electron chi connectivity index (χ3n) is 3.97. The van der Waals surface area contributed by atoms with Crippen molar-refractivity contribution in [2.75, 3.05) is 13.3 Å². The highest BCUT2D eigenvalue weighted by Crippen LogP contribution is 2.18. The lowest BCUT2D eigenvalue weighted by atomic mass is 10.1. The summed E-state index contributed by atoms with van der Waals surface area (Å²) in [7, 11) is -1.84. The summed E-state index contributed by atoms with van der Waals surface area (Å²) in [4.78, 5) is 33.3. The van der Waals surface area contributed by atoms with Gasteiger partial charge >= 0.3 is 0 Å². The van der Waals surface area contributed by atoms with Crippen molar-refractivity contribution in [3.8, 4) is 0 Å². The van der Waals surface area contributed by atoms with Crippen LogP contribution in [-0.2, 0) is 16.4 Å². The number of aromatic nitrogens is 2. The van der Waals surface area contributed by atoms with Crippen LogP contribution in [0.3, 0.4) is 0 Å². The van der Waals surface area contributed by atoms with E-state index in [0.717, 1.165) is 6.26 Å². The highest BCUT2D eigenvalue weighted by Gasteiger charge is 2.19. The molecule has 136 valence electrons. The molecule has 0 aliphatic carbocycles. The molecule has 26 heavy (non-hydrogen) atoms. The van der Waals surface area contributed by atoms with Gasteiger partial charge in [0.1, 0.15) is 10.5 Å². The molecule has 0 saturated carbocycles. The summed E-state index contributed by atoms with van der Waals surface area (Å²) in [6, 6.07) is 6.21. The molecule has 0 aliphatic rings. The van der Waals surface area contributed by atoms with Crippen LogP contribution in [-0.4, -0.2) is 42.5 Å². The number of carbonyl (C=O) groups excluding carboxylic acids is 1. The zero-order valence-electron chi connectivity index (χ0n) is 14.4. The van der Waals surface area contributed by atoms with E-state index in [1.54, 1.807) is 31.5 Å². The number of thiophene rings is 1. The van der Waals surface area contributed by atoms with Gasteiger partial charge in [0.05, 0.1) is 17.0 Å². The van der Waals surface area contributed by atoms with Gasteiger partial charge in [-0.1, -0.05) is 6.07 Å². The Labute approximate surface area is 154 Å². The number of aromatic amines is 1. The van der Waals surface area contributed by atoms with Gasteiger partial charge in [0, 0.05) is 18.9 Å². The van der Waals surface area contributed by atoms with Crippen molar-refractivity contribution in [2.24, 2.45) is 0 Å². The van der Waals surface area contributed by atoms with Gasteiger partial charge in [-0.15, -0.1) is 11.3 Å². The molecule has 9 heteroatoms. The largest absolute Gasteiger partial charge is 0.334 e. The molecule has 0 spiro atoms. The van der Waals surface area contributed by atoms with Crippen molar-refractivity contribution >= 4 is 37.3 Å². The SMILES string of the molecule is Cc1ccc(S(C)(=O)=O)cc1C(=O)N(C)Cc1nc2ccsc2c(=O)[nH]1. The van der Waals surface area contributed by atoms with Crippen molar-refractivity contribution in [3.63, 3.8) is 0 Å². The molecule has 3 aromatic rings. The predicted molar refractivity (Wildman–Crippen MR) is 100 cm³/mol. The minimum absolute atomic E-state index is 0.0890. The zero-order valence-corrected chi connectivity index (χ0v) is 16.1. The fourth-order valence-electron chi connectivity index (χ4n) is 2.56. The Bertz CT molecular complexity index is 1160. The Kier molecular flexibility index (Phi) is 4.68. The lowest BCUT2D eigenvalue weighted by Gasteiger charge is -2.18. The molecule has 7 nitrogen and oxygen atoms in total. The molecule has 1 amide bonds. The number of H-pyrrole nitrogens is 1. The second-order valence-corrected chi connectivity index (χ2v) is 8.99. The Balaban J connectivity index is 1.91. The van der Waals surface area contributed by atoms with Crippen LogP contribution < -0.4 is 5.56 Å². The minimum atomic E-state index is -3.41. The molecule has 0 aliphatic heterocycles. The summed E-state index contributed by atoms with van der Waals surface area (Å²) in [5.74, 6) is 0.0229. The zero-order chi connectivity index (χ0) is 19.1. The van der Waals surface area contributed by atoms with Crippen LogP contribution in [0.5, 0.6) is 0 Å². The third kappa shape index (κ3) is 3.54. The summed E-state index contributed by atoms with van der Waals surface area (Å²) in [5.41, 5.74) is 1.32. The molecular formula is C17H17N3O4S2. The van der Waals surface area contributed by atoms with Gasteiger partial charge in [-0.3, -0.25) is 9.59 Å². The van der Waals surface area contributed by atoms with E-state index in [0.29, 0.717) is 27.2 Å². The number of aryl methyl sites for hydroxylation is 1. The fourth-order valence-corrected chi connectivity index (χ4v) is 3.93. The number of amides is 1. The summed E-state index contributed by atoms with van der Waals surface area (Å²) in [6.07, 6.45) is 1.10. The quantitative estimate of drug-likeness (QED) is 0.733. The number of hydrogen-bond acceptors (Lipinski definition) is 6. The summed E-state index contributed by atoms with van der Waals surface area (Å²) < 4.78 is 24.0. The fraction of sp³-hybridized carbons (Fsp3) is 0.235. The van der Waals surface area contributed by atoms with Crippen LogP contribution >= 0.6 is 11.3 Å². The van der Waals surface area contributed by atoms with E-state index in [2.05, 4.69) is 9.97 Å². The van der Waals surface area contributed by atoms with E-state index >= 15 is 0 Å². The lowest BCUT2D eigenvalue weighted by molar-refractivity contribution is 0.0780. The van der Waals surface area contributed by atoms with Crippen molar-refractivity contribution < 1.29 is 13.2 Å². The van der Waals surface area contributed by atoms with Crippen LogP contribution in [0.2, 0.25) is 0 Å². The number of hydrogen-bond donors (Lipinski definition) is 1. The van der Waals surface area contributed by atoms with Gasteiger partial charge < -0.3 is 9.88 Å². The number of benzene rings is 1. The Morgan fingerprint density at radius 3 is 2.73 bits per heavy atom. The van der Waals surface area contributed by atoms with Gasteiger partial charge in [0.15, 0.2) is 9.84 Å². The van der Waals surface area contributed by atoms with Crippen molar-refractivity contribution in [1.29, 1.82) is 0 Å². The number of carbonyl (C=O) groups is 1. The normalized spacial score (nSPS) is 11.7. The summed E-state index contributed by atoms with van der Waals surface area (Å²) in [5, 5.41) is 1.78. The first kappa shape index (κ1) is 18.3. The van der Waals surface area contributed by atoms with E-state index < -0.39 is 9.84 Å². The molecular weight excluding hydrogens is 374 g/mol. The highest BCUT2D eigenvalue weighted by molar-refractivity contribution is 7.90. The van der Waals surface area contributed by atoms with E-state index in [-0.39, 0.29) is 22.9 Å². The molecule has 0 unspecified atom stereocenters. The maximum Gasteiger partial charge on any atom is 0.268 e. The number of fused-ring (bicyclic) bond motifs is 1. The molecule has 2 heterocycles. The van der Waals surface area contributed by atoms with Gasteiger partial charge in [-0.2, -0.15) is 0 Å². The molecule has 0 atom stereocenters. The van der Waals surface area contributed by atoms with E-state index in [1.807, 2.05) is 0 Å². The third-order valence-corrected chi connectivity index (χ3v) is 5.98. The average Bonchev–Trinajstić information content (AvgIpc) is 3.02. The Hall–Kier alpha value is -2.52. The van der Waals surface area contributed by atoms with E-state index in [4.69, 9.17) is 0 Å². The maximum absolute atomic E-state index is 12.8. The second-order valence-electron chi connectivity index (χ2n) is 6.06. The lowest BCUT2D eigenvalue weighted by Crippen LogP contribution is -2.29. The van der Waals surface area contributed by atoms with Crippen molar-refractivity contribution in [3.05, 3.63) is 57.0 Å². The predicted octanol–water partition coefficient (Wildman–Crippen LogP) is 1.97. The smallest absolute Gasteiger partial charge is 0.268 e. The number of sulfone groups is 1. The Morgan fingerprint density at radius 2 is 2.04 bits per heavy atom. The van der Waals surface area contributed by atoms with Crippen molar-refractivity contribution in [1.82, 2.24) is 14.9 Å². The van der Waals surface area contributed by atoms with Gasteiger partial charge in [0.2, 0.25) is 0 Å². The molecule has 0 radical (unpaired) electrons. The Morgan fingerprint density at radius 1 is 1.31 bits per heavy atom. The first-order chi connectivity index (χ1) is 12.2. The first-order valence-electron chi connectivity index (χ1n) is 7.69. The monoisotopic (exact) mass is 391 g/mol. The molecule has 1 N–H and O–H groups in total. The summed E-state index contributed by atoms with van der Waals surface area (Å²) >= 11 is 1.31. The number of nitrogens with zero attached hydrogens (tertiary/aromatic N) is 2. The standard InChI is InChI=1S/C17H17N3O4S2/c1-10-4-5-11(26(3,23)24)8-12(10)17(22)20(2)9-14-18-13-6-7-25-15(13)16(21)19-14/h4-8H,9H2,1-3H3,(H,18,19,21). The molecule has 0 saturated heterocycles.